The van der Waals surface area contributed by atoms with Gasteiger partial charge in [-0.1, -0.05) is 6.92 Å². The molecule has 0 aliphatic carbocycles. The lowest BCUT2D eigenvalue weighted by Crippen LogP contribution is -2.54. The first-order chi connectivity index (χ1) is 9.92. The molecule has 7 nitrogen and oxygen atoms in total. The lowest BCUT2D eigenvalue weighted by Gasteiger charge is -2.37. The van der Waals surface area contributed by atoms with E-state index in [0.29, 0.717) is 19.5 Å². The van der Waals surface area contributed by atoms with Crippen LogP contribution in [0.1, 0.15) is 33.1 Å². The maximum absolute atomic E-state index is 12.6. The zero-order chi connectivity index (χ0) is 16.0. The molecule has 2 amide bonds. The molecular weight excluding hydrogens is 276 g/mol. The second-order valence-corrected chi connectivity index (χ2v) is 5.29. The Hall–Kier alpha value is -1.79. The van der Waals surface area contributed by atoms with Gasteiger partial charge in [0.1, 0.15) is 6.04 Å². The van der Waals surface area contributed by atoms with Gasteiger partial charge in [-0.25, -0.2) is 9.59 Å². The molecule has 1 N–H and O–H groups in total. The van der Waals surface area contributed by atoms with E-state index in [4.69, 9.17) is 9.84 Å². The molecule has 0 spiro atoms. The number of rotatable bonds is 5. The highest BCUT2D eigenvalue weighted by atomic mass is 16.5. The average Bonchev–Trinajstić information content (AvgIpc) is 2.50. The van der Waals surface area contributed by atoms with Crippen LogP contribution in [0.15, 0.2) is 0 Å². The van der Waals surface area contributed by atoms with Crippen molar-refractivity contribution in [3.8, 4) is 0 Å². The molecule has 0 radical (unpaired) electrons. The third-order valence-electron chi connectivity index (χ3n) is 3.79. The van der Waals surface area contributed by atoms with Crippen molar-refractivity contribution in [3.05, 3.63) is 0 Å². The van der Waals surface area contributed by atoms with Crippen LogP contribution in [0.5, 0.6) is 0 Å². The molecule has 1 aliphatic heterocycles. The number of hydrogen-bond donors (Lipinski definition) is 1. The van der Waals surface area contributed by atoms with Crippen LogP contribution in [0.25, 0.3) is 0 Å². The number of urea groups is 1. The van der Waals surface area contributed by atoms with E-state index in [2.05, 4.69) is 0 Å². The molecule has 2 unspecified atom stereocenters. The van der Waals surface area contributed by atoms with Crippen molar-refractivity contribution in [2.75, 3.05) is 26.7 Å². The number of aliphatic carboxylic acids is 1. The summed E-state index contributed by atoms with van der Waals surface area (Å²) in [6, 6.07) is -0.855. The molecule has 0 bridgehead atoms. The van der Waals surface area contributed by atoms with Crippen LogP contribution >= 0.6 is 0 Å². The van der Waals surface area contributed by atoms with Gasteiger partial charge in [0, 0.05) is 19.6 Å². The van der Waals surface area contributed by atoms with Gasteiger partial charge in [0.25, 0.3) is 0 Å². The van der Waals surface area contributed by atoms with Crippen molar-refractivity contribution in [1.82, 2.24) is 9.80 Å². The van der Waals surface area contributed by atoms with Crippen LogP contribution in [-0.2, 0) is 14.3 Å². The largest absolute Gasteiger partial charge is 0.481 e. The summed E-state index contributed by atoms with van der Waals surface area (Å²) in [5.74, 6) is -2.00. The van der Waals surface area contributed by atoms with Gasteiger partial charge in [-0.3, -0.25) is 4.79 Å². The van der Waals surface area contributed by atoms with Crippen molar-refractivity contribution in [2.24, 2.45) is 5.92 Å². The first-order valence-corrected chi connectivity index (χ1v) is 7.28. The van der Waals surface area contributed by atoms with Crippen molar-refractivity contribution in [3.63, 3.8) is 0 Å². The Bertz CT molecular complexity index is 399. The number of carbonyl (C=O) groups is 3. The standard InChI is InChI=1S/C14H24N2O5/c1-4-15(9-10(2)12(17)18)14(20)16-8-6-5-7-11(16)13(19)21-3/h10-11H,4-9H2,1-3H3,(H,17,18). The van der Waals surface area contributed by atoms with E-state index in [1.165, 1.54) is 16.9 Å². The summed E-state index contributed by atoms with van der Waals surface area (Å²) >= 11 is 0. The number of carbonyl (C=O) groups excluding carboxylic acids is 2. The van der Waals surface area contributed by atoms with E-state index in [9.17, 15) is 14.4 Å². The summed E-state index contributed by atoms with van der Waals surface area (Å²) in [4.78, 5) is 38.3. The number of ether oxygens (including phenoxy) is 1. The van der Waals surface area contributed by atoms with Crippen LogP contribution in [0.2, 0.25) is 0 Å². The molecule has 1 rings (SSSR count). The van der Waals surface area contributed by atoms with E-state index in [1.54, 1.807) is 13.8 Å². The minimum Gasteiger partial charge on any atom is -0.481 e. The van der Waals surface area contributed by atoms with E-state index < -0.39 is 23.9 Å². The highest BCUT2D eigenvalue weighted by molar-refractivity contribution is 5.84. The molecule has 0 aromatic carbocycles. The summed E-state index contributed by atoms with van der Waals surface area (Å²) in [5.41, 5.74) is 0. The Morgan fingerprint density at radius 1 is 1.38 bits per heavy atom. The minimum atomic E-state index is -0.940. The third kappa shape index (κ3) is 4.34. The van der Waals surface area contributed by atoms with Gasteiger partial charge in [-0.05, 0) is 26.2 Å². The summed E-state index contributed by atoms with van der Waals surface area (Å²) in [7, 11) is 1.31. The zero-order valence-electron chi connectivity index (χ0n) is 12.9. The molecule has 7 heteroatoms. The molecule has 0 saturated carbocycles. The number of nitrogens with zero attached hydrogens (tertiary/aromatic N) is 2. The molecule has 1 saturated heterocycles. The van der Waals surface area contributed by atoms with Gasteiger partial charge in [0.15, 0.2) is 0 Å². The van der Waals surface area contributed by atoms with Gasteiger partial charge in [0.05, 0.1) is 13.0 Å². The summed E-state index contributed by atoms with van der Waals surface area (Å²) < 4.78 is 4.76. The van der Waals surface area contributed by atoms with Crippen LogP contribution in [0.4, 0.5) is 4.79 Å². The topological polar surface area (TPSA) is 87.2 Å². The van der Waals surface area contributed by atoms with Gasteiger partial charge in [-0.2, -0.15) is 0 Å². The lowest BCUT2D eigenvalue weighted by atomic mass is 10.0. The van der Waals surface area contributed by atoms with Gasteiger partial charge >= 0.3 is 18.0 Å². The highest BCUT2D eigenvalue weighted by Crippen LogP contribution is 2.20. The molecule has 0 aromatic heterocycles. The number of amides is 2. The normalized spacial score (nSPS) is 19.8. The smallest absolute Gasteiger partial charge is 0.328 e. The van der Waals surface area contributed by atoms with Gasteiger partial charge < -0.3 is 19.6 Å². The Balaban J connectivity index is 2.80. The van der Waals surface area contributed by atoms with Crippen LogP contribution < -0.4 is 0 Å². The minimum absolute atomic E-state index is 0.134. The molecular formula is C14H24N2O5. The summed E-state index contributed by atoms with van der Waals surface area (Å²) in [5, 5.41) is 8.97. The SMILES string of the molecule is CCN(CC(C)C(=O)O)C(=O)N1CCCCC1C(=O)OC. The number of esters is 1. The second kappa shape index (κ2) is 7.85. The van der Waals surface area contributed by atoms with Crippen LogP contribution in [0, 0.1) is 5.92 Å². The maximum Gasteiger partial charge on any atom is 0.328 e. The first kappa shape index (κ1) is 17.3. The highest BCUT2D eigenvalue weighted by Gasteiger charge is 2.35. The average molecular weight is 300 g/mol. The molecule has 1 fully saturated rings. The van der Waals surface area contributed by atoms with Gasteiger partial charge in [-0.15, -0.1) is 0 Å². The Morgan fingerprint density at radius 3 is 2.57 bits per heavy atom. The summed E-state index contributed by atoms with van der Waals surface area (Å²) in [6.07, 6.45) is 2.30. The van der Waals surface area contributed by atoms with Crippen molar-refractivity contribution in [1.29, 1.82) is 0 Å². The second-order valence-electron chi connectivity index (χ2n) is 5.29. The number of methoxy groups -OCH3 is 1. The molecule has 120 valence electrons. The van der Waals surface area contributed by atoms with Crippen LogP contribution in [0.3, 0.4) is 0 Å². The van der Waals surface area contributed by atoms with E-state index >= 15 is 0 Å². The number of hydrogen-bond acceptors (Lipinski definition) is 4. The molecule has 21 heavy (non-hydrogen) atoms. The Kier molecular flexibility index (Phi) is 6.45. The van der Waals surface area contributed by atoms with Gasteiger partial charge in [0.2, 0.25) is 0 Å². The lowest BCUT2D eigenvalue weighted by molar-refractivity contribution is -0.147. The summed E-state index contributed by atoms with van der Waals surface area (Å²) in [6.45, 7) is 4.39. The fourth-order valence-corrected chi connectivity index (χ4v) is 2.47. The fourth-order valence-electron chi connectivity index (χ4n) is 2.47. The first-order valence-electron chi connectivity index (χ1n) is 7.28. The van der Waals surface area contributed by atoms with E-state index in [1.807, 2.05) is 0 Å². The number of likely N-dealkylation sites (tertiary alicyclic amines) is 1. The van der Waals surface area contributed by atoms with Crippen molar-refractivity contribution >= 4 is 18.0 Å². The zero-order valence-corrected chi connectivity index (χ0v) is 12.9. The maximum atomic E-state index is 12.6. The van der Waals surface area contributed by atoms with Crippen molar-refractivity contribution in [2.45, 2.75) is 39.2 Å². The van der Waals surface area contributed by atoms with E-state index in [0.717, 1.165) is 12.8 Å². The number of carboxylic acids is 1. The van der Waals surface area contributed by atoms with E-state index in [-0.39, 0.29) is 12.6 Å². The predicted octanol–water partition coefficient (Wildman–Crippen LogP) is 1.18. The number of carboxylic acid groups (broad SMARTS) is 1. The van der Waals surface area contributed by atoms with Crippen LogP contribution in [-0.4, -0.2) is 65.7 Å². The third-order valence-corrected chi connectivity index (χ3v) is 3.79. The predicted molar refractivity (Wildman–Crippen MR) is 75.8 cm³/mol. The molecule has 2 atom stereocenters. The quantitative estimate of drug-likeness (QED) is 0.770. The molecule has 1 aliphatic rings. The molecule has 1 heterocycles. The number of piperidine rings is 1. The Morgan fingerprint density at radius 2 is 2.05 bits per heavy atom. The van der Waals surface area contributed by atoms with Crippen molar-refractivity contribution < 1.29 is 24.2 Å². The molecule has 0 aromatic rings. The fraction of sp³-hybridized carbons (Fsp3) is 0.786. The Labute approximate surface area is 124 Å². The monoisotopic (exact) mass is 300 g/mol.